The van der Waals surface area contributed by atoms with Crippen LogP contribution in [-0.2, 0) is 9.59 Å². The molecule has 0 aromatic heterocycles. The Morgan fingerprint density at radius 1 is 0.739 bits per heavy atom. The number of hydrazone groups is 2. The molecular formula is C17H28N4O2. The van der Waals surface area contributed by atoms with Crippen LogP contribution in [0.3, 0.4) is 0 Å². The van der Waals surface area contributed by atoms with Gasteiger partial charge in [-0.05, 0) is 37.5 Å². The Balaban J connectivity index is 1.59. The van der Waals surface area contributed by atoms with E-state index < -0.39 is 11.8 Å². The lowest BCUT2D eigenvalue weighted by Gasteiger charge is -2.16. The van der Waals surface area contributed by atoms with Gasteiger partial charge in [-0.15, -0.1) is 0 Å². The van der Waals surface area contributed by atoms with Gasteiger partial charge in [0, 0.05) is 12.4 Å². The molecule has 0 heterocycles. The molecule has 23 heavy (non-hydrogen) atoms. The summed E-state index contributed by atoms with van der Waals surface area (Å²) < 4.78 is 0. The second kappa shape index (κ2) is 10.1. The van der Waals surface area contributed by atoms with Crippen molar-refractivity contribution in [1.82, 2.24) is 10.9 Å². The monoisotopic (exact) mass is 320 g/mol. The van der Waals surface area contributed by atoms with Gasteiger partial charge in [0.25, 0.3) is 0 Å². The molecule has 128 valence electrons. The zero-order valence-corrected chi connectivity index (χ0v) is 13.8. The third-order valence-electron chi connectivity index (χ3n) is 4.57. The summed E-state index contributed by atoms with van der Waals surface area (Å²) in [6.07, 6.45) is 15.4. The summed E-state index contributed by atoms with van der Waals surface area (Å²) >= 11 is 0. The Bertz CT molecular complexity index is 396. The Labute approximate surface area is 138 Å². The number of hydrogen-bond acceptors (Lipinski definition) is 4. The minimum Gasteiger partial charge on any atom is -0.273 e. The van der Waals surface area contributed by atoms with E-state index in [1.807, 2.05) is 0 Å². The normalized spacial score (nSPS) is 20.9. The Hall–Kier alpha value is -1.72. The number of rotatable bonds is 6. The summed E-state index contributed by atoms with van der Waals surface area (Å²) in [6.45, 7) is 0. The van der Waals surface area contributed by atoms with E-state index in [-0.39, 0.29) is 6.42 Å². The van der Waals surface area contributed by atoms with Crippen LogP contribution in [0.2, 0.25) is 0 Å². The first kappa shape index (κ1) is 17.6. The van der Waals surface area contributed by atoms with Gasteiger partial charge in [0.1, 0.15) is 6.42 Å². The molecule has 0 atom stereocenters. The molecule has 2 amide bonds. The fourth-order valence-electron chi connectivity index (χ4n) is 3.22. The van der Waals surface area contributed by atoms with Gasteiger partial charge in [-0.2, -0.15) is 10.2 Å². The summed E-state index contributed by atoms with van der Waals surface area (Å²) in [5.74, 6) is 0.112. The number of hydrogen-bond donors (Lipinski definition) is 2. The summed E-state index contributed by atoms with van der Waals surface area (Å²) in [6, 6.07) is 0. The zero-order chi connectivity index (χ0) is 16.3. The molecule has 2 aliphatic rings. The van der Waals surface area contributed by atoms with Gasteiger partial charge in [-0.25, -0.2) is 10.9 Å². The van der Waals surface area contributed by atoms with Crippen LogP contribution in [0.25, 0.3) is 0 Å². The number of carbonyl (C=O) groups is 2. The van der Waals surface area contributed by atoms with E-state index in [4.69, 9.17) is 0 Å². The molecule has 0 aromatic carbocycles. The molecule has 0 bridgehead atoms. The SMILES string of the molecule is O=C(CC(=O)NN=CC1CCCCC1)NN=CC1CCCCC1. The average Bonchev–Trinajstić information content (AvgIpc) is 2.57. The van der Waals surface area contributed by atoms with Crippen molar-refractivity contribution >= 4 is 24.2 Å². The summed E-state index contributed by atoms with van der Waals surface area (Å²) in [4.78, 5) is 23.2. The smallest absolute Gasteiger partial charge is 0.249 e. The number of nitrogens with one attached hydrogen (secondary N) is 2. The quantitative estimate of drug-likeness (QED) is 0.448. The van der Waals surface area contributed by atoms with Crippen molar-refractivity contribution in [2.24, 2.45) is 22.0 Å². The molecule has 0 radical (unpaired) electrons. The molecule has 2 rings (SSSR count). The minimum absolute atomic E-state index is 0.246. The van der Waals surface area contributed by atoms with E-state index in [1.54, 1.807) is 12.4 Å². The minimum atomic E-state index is -0.401. The van der Waals surface area contributed by atoms with Crippen LogP contribution < -0.4 is 10.9 Å². The van der Waals surface area contributed by atoms with Crippen molar-refractivity contribution in [3.8, 4) is 0 Å². The van der Waals surface area contributed by atoms with Crippen molar-refractivity contribution in [3.63, 3.8) is 0 Å². The summed E-state index contributed by atoms with van der Waals surface area (Å²) in [5, 5.41) is 7.92. The van der Waals surface area contributed by atoms with Crippen LogP contribution in [0.1, 0.15) is 70.6 Å². The van der Waals surface area contributed by atoms with Gasteiger partial charge in [0.2, 0.25) is 11.8 Å². The van der Waals surface area contributed by atoms with E-state index in [2.05, 4.69) is 21.1 Å². The van der Waals surface area contributed by atoms with Crippen LogP contribution in [0.15, 0.2) is 10.2 Å². The van der Waals surface area contributed by atoms with Gasteiger partial charge < -0.3 is 0 Å². The number of amides is 2. The maximum absolute atomic E-state index is 11.6. The first-order valence-corrected chi connectivity index (χ1v) is 8.88. The van der Waals surface area contributed by atoms with Crippen molar-refractivity contribution < 1.29 is 9.59 Å². The van der Waals surface area contributed by atoms with E-state index in [9.17, 15) is 9.59 Å². The summed E-state index contributed by atoms with van der Waals surface area (Å²) in [7, 11) is 0. The van der Waals surface area contributed by atoms with Crippen LogP contribution in [-0.4, -0.2) is 24.2 Å². The molecule has 0 unspecified atom stereocenters. The molecular weight excluding hydrogens is 292 g/mol. The van der Waals surface area contributed by atoms with Gasteiger partial charge in [-0.1, -0.05) is 38.5 Å². The first-order chi connectivity index (χ1) is 11.2. The lowest BCUT2D eigenvalue weighted by Crippen LogP contribution is -2.27. The second-order valence-electron chi connectivity index (χ2n) is 6.60. The highest BCUT2D eigenvalue weighted by Gasteiger charge is 2.13. The van der Waals surface area contributed by atoms with Gasteiger partial charge in [0.15, 0.2) is 0 Å². The molecule has 0 saturated heterocycles. The van der Waals surface area contributed by atoms with E-state index in [0.717, 1.165) is 25.7 Å². The molecule has 2 aliphatic carbocycles. The average molecular weight is 320 g/mol. The predicted octanol–water partition coefficient (Wildman–Crippen LogP) is 2.74. The van der Waals surface area contributed by atoms with Crippen LogP contribution in [0, 0.1) is 11.8 Å². The maximum atomic E-state index is 11.6. The standard InChI is InChI=1S/C17H28N4O2/c22-16(20-18-12-14-7-3-1-4-8-14)11-17(23)21-19-13-15-9-5-2-6-10-15/h12-15H,1-11H2,(H,20,22)(H,21,23). The molecule has 6 heteroatoms. The molecule has 0 aromatic rings. The highest BCUT2D eigenvalue weighted by Crippen LogP contribution is 2.22. The molecule has 0 spiro atoms. The lowest BCUT2D eigenvalue weighted by molar-refractivity contribution is -0.129. The Morgan fingerprint density at radius 2 is 1.13 bits per heavy atom. The van der Waals surface area contributed by atoms with Gasteiger partial charge >= 0.3 is 0 Å². The predicted molar refractivity (Wildman–Crippen MR) is 91.0 cm³/mol. The van der Waals surface area contributed by atoms with Crippen molar-refractivity contribution in [3.05, 3.63) is 0 Å². The molecule has 6 nitrogen and oxygen atoms in total. The van der Waals surface area contributed by atoms with E-state index >= 15 is 0 Å². The number of nitrogens with zero attached hydrogens (tertiary/aromatic N) is 2. The van der Waals surface area contributed by atoms with E-state index in [1.165, 1.54) is 38.5 Å². The molecule has 2 N–H and O–H groups in total. The lowest BCUT2D eigenvalue weighted by atomic mass is 9.90. The third-order valence-corrected chi connectivity index (χ3v) is 4.57. The van der Waals surface area contributed by atoms with Crippen LogP contribution >= 0.6 is 0 Å². The highest BCUT2D eigenvalue weighted by atomic mass is 16.2. The number of carbonyl (C=O) groups excluding carboxylic acids is 2. The van der Waals surface area contributed by atoms with Crippen LogP contribution in [0.4, 0.5) is 0 Å². The summed E-state index contributed by atoms with van der Waals surface area (Å²) in [5.41, 5.74) is 4.84. The first-order valence-electron chi connectivity index (χ1n) is 8.88. The van der Waals surface area contributed by atoms with Gasteiger partial charge in [0.05, 0.1) is 0 Å². The van der Waals surface area contributed by atoms with Crippen molar-refractivity contribution in [2.75, 3.05) is 0 Å². The molecule has 2 fully saturated rings. The molecule has 0 aliphatic heterocycles. The maximum Gasteiger partial charge on any atom is 0.249 e. The topological polar surface area (TPSA) is 82.9 Å². The second-order valence-corrected chi connectivity index (χ2v) is 6.60. The van der Waals surface area contributed by atoms with Crippen LogP contribution in [0.5, 0.6) is 0 Å². The fraction of sp³-hybridized carbons (Fsp3) is 0.765. The largest absolute Gasteiger partial charge is 0.273 e. The Kier molecular flexibility index (Phi) is 7.77. The van der Waals surface area contributed by atoms with E-state index in [0.29, 0.717) is 11.8 Å². The highest BCUT2D eigenvalue weighted by molar-refractivity contribution is 5.97. The van der Waals surface area contributed by atoms with Gasteiger partial charge in [-0.3, -0.25) is 9.59 Å². The van der Waals surface area contributed by atoms with Crippen molar-refractivity contribution in [1.29, 1.82) is 0 Å². The third kappa shape index (κ3) is 7.39. The fourth-order valence-corrected chi connectivity index (χ4v) is 3.22. The Morgan fingerprint density at radius 3 is 1.52 bits per heavy atom. The van der Waals surface area contributed by atoms with Crippen molar-refractivity contribution in [2.45, 2.75) is 70.6 Å². The molecule has 2 saturated carbocycles. The zero-order valence-electron chi connectivity index (χ0n) is 13.8.